The van der Waals surface area contributed by atoms with E-state index < -0.39 is 23.5 Å². The number of rotatable bonds is 6. The molecule has 1 amide bonds. The van der Waals surface area contributed by atoms with Crippen molar-refractivity contribution in [3.63, 3.8) is 0 Å². The van der Waals surface area contributed by atoms with Crippen LogP contribution in [0.4, 0.5) is 8.78 Å². The van der Waals surface area contributed by atoms with E-state index in [-0.39, 0.29) is 35.2 Å². The highest BCUT2D eigenvalue weighted by Crippen LogP contribution is 2.48. The van der Waals surface area contributed by atoms with E-state index in [9.17, 15) is 18.4 Å². The van der Waals surface area contributed by atoms with Gasteiger partial charge in [-0.25, -0.2) is 13.6 Å². The lowest BCUT2D eigenvalue weighted by Crippen LogP contribution is -2.25. The van der Waals surface area contributed by atoms with Crippen molar-refractivity contribution in [2.45, 2.75) is 18.9 Å². The molecular formula is C19H17F2NO4. The first kappa shape index (κ1) is 17.8. The number of hydrogen-bond donors (Lipinski definition) is 2. The number of methoxy groups -OCH3 is 1. The molecule has 1 aliphatic carbocycles. The fourth-order valence-corrected chi connectivity index (χ4v) is 2.97. The zero-order valence-electron chi connectivity index (χ0n) is 14.0. The molecule has 136 valence electrons. The van der Waals surface area contributed by atoms with Gasteiger partial charge in [0, 0.05) is 12.5 Å². The Kier molecular flexibility index (Phi) is 4.88. The minimum atomic E-state index is -1.10. The summed E-state index contributed by atoms with van der Waals surface area (Å²) in [5, 5.41) is 11.8. The number of nitrogens with one attached hydrogen (secondary N) is 1. The van der Waals surface area contributed by atoms with E-state index in [0.29, 0.717) is 12.0 Å². The lowest BCUT2D eigenvalue weighted by atomic mass is 10.1. The van der Waals surface area contributed by atoms with Gasteiger partial charge in [-0.2, -0.15) is 0 Å². The van der Waals surface area contributed by atoms with E-state index in [2.05, 4.69) is 5.32 Å². The molecule has 3 rings (SSSR count). The predicted octanol–water partition coefficient (Wildman–Crippen LogP) is 3.09. The number of benzene rings is 2. The fraction of sp³-hybridized carbons (Fsp3) is 0.263. The van der Waals surface area contributed by atoms with Gasteiger partial charge in [0.15, 0.2) is 0 Å². The summed E-state index contributed by atoms with van der Waals surface area (Å²) < 4.78 is 32.1. The van der Waals surface area contributed by atoms with Crippen LogP contribution in [0.5, 0.6) is 5.75 Å². The van der Waals surface area contributed by atoms with Crippen LogP contribution in [0.1, 0.15) is 33.8 Å². The van der Waals surface area contributed by atoms with Crippen LogP contribution in [0.15, 0.2) is 36.4 Å². The Morgan fingerprint density at radius 1 is 1.23 bits per heavy atom. The molecule has 0 saturated heterocycles. The lowest BCUT2D eigenvalue weighted by Gasteiger charge is -2.09. The number of ether oxygens (including phenoxy) is 1. The summed E-state index contributed by atoms with van der Waals surface area (Å²) >= 11 is 0. The number of amides is 1. The number of carboxylic acid groups (broad SMARTS) is 1. The largest absolute Gasteiger partial charge is 0.496 e. The van der Waals surface area contributed by atoms with Crippen molar-refractivity contribution in [3.8, 4) is 5.75 Å². The molecule has 2 aromatic carbocycles. The number of carboxylic acids is 1. The van der Waals surface area contributed by atoms with Crippen molar-refractivity contribution < 1.29 is 28.2 Å². The van der Waals surface area contributed by atoms with E-state index >= 15 is 0 Å². The van der Waals surface area contributed by atoms with Gasteiger partial charge >= 0.3 is 5.97 Å². The summed E-state index contributed by atoms with van der Waals surface area (Å²) in [4.78, 5) is 23.3. The van der Waals surface area contributed by atoms with Crippen LogP contribution in [0.25, 0.3) is 0 Å². The van der Waals surface area contributed by atoms with Gasteiger partial charge in [0.05, 0.1) is 7.11 Å². The number of carbonyl (C=O) groups excluding carboxylic acids is 1. The van der Waals surface area contributed by atoms with Crippen molar-refractivity contribution >= 4 is 11.9 Å². The first-order valence-electron chi connectivity index (χ1n) is 8.03. The summed E-state index contributed by atoms with van der Waals surface area (Å²) in [5.74, 6) is -2.91. The van der Waals surface area contributed by atoms with Gasteiger partial charge in [-0.15, -0.1) is 0 Å². The number of halogens is 2. The van der Waals surface area contributed by atoms with Crippen LogP contribution in [-0.2, 0) is 11.3 Å². The van der Waals surface area contributed by atoms with Crippen LogP contribution in [0, 0.1) is 17.6 Å². The molecule has 0 radical (unpaired) electrons. The van der Waals surface area contributed by atoms with Gasteiger partial charge in [0.25, 0.3) is 0 Å². The molecule has 2 aromatic rings. The molecule has 1 aliphatic rings. The lowest BCUT2D eigenvalue weighted by molar-refractivity contribution is -0.122. The third-order valence-electron chi connectivity index (χ3n) is 4.45. The van der Waals surface area contributed by atoms with Gasteiger partial charge in [0.1, 0.15) is 22.9 Å². The van der Waals surface area contributed by atoms with Crippen molar-refractivity contribution in [1.29, 1.82) is 0 Å². The van der Waals surface area contributed by atoms with Crippen molar-refractivity contribution in [2.75, 3.05) is 7.11 Å². The van der Waals surface area contributed by atoms with Crippen LogP contribution < -0.4 is 10.1 Å². The molecule has 5 nitrogen and oxygen atoms in total. The summed E-state index contributed by atoms with van der Waals surface area (Å²) in [7, 11) is 1.37. The quantitative estimate of drug-likeness (QED) is 0.829. The molecule has 1 saturated carbocycles. The maximum atomic E-state index is 13.8. The highest BCUT2D eigenvalue weighted by atomic mass is 19.1. The van der Waals surface area contributed by atoms with Crippen LogP contribution in [0.2, 0.25) is 0 Å². The first-order valence-corrected chi connectivity index (χ1v) is 8.03. The molecule has 2 N–H and O–H groups in total. The average Bonchev–Trinajstić information content (AvgIpc) is 3.42. The van der Waals surface area contributed by atoms with Crippen LogP contribution in [-0.4, -0.2) is 24.1 Å². The van der Waals surface area contributed by atoms with Crippen molar-refractivity contribution in [3.05, 3.63) is 64.7 Å². The summed E-state index contributed by atoms with van der Waals surface area (Å²) in [5.41, 5.74) is 0.929. The maximum absolute atomic E-state index is 13.8. The van der Waals surface area contributed by atoms with Crippen molar-refractivity contribution in [1.82, 2.24) is 5.32 Å². The Morgan fingerprint density at radius 3 is 2.69 bits per heavy atom. The molecule has 1 fully saturated rings. The molecule has 7 heteroatoms. The second-order valence-corrected chi connectivity index (χ2v) is 6.17. The maximum Gasteiger partial charge on any atom is 0.339 e. The standard InChI is InChI=1S/C19H17F2NO4/c1-26-17-6-10(2-4-12(17)19(24)25)9-22-18(23)15-8-13(15)14-7-11(20)3-5-16(14)21/h2-7,13,15H,8-9H2,1H3,(H,22,23)(H,24,25)/t13-,15+/m0/s1. The van der Waals surface area contributed by atoms with Gasteiger partial charge < -0.3 is 15.2 Å². The van der Waals surface area contributed by atoms with E-state index in [1.54, 1.807) is 12.1 Å². The normalized spacial score (nSPS) is 18.3. The molecule has 0 unspecified atom stereocenters. The Balaban J connectivity index is 1.62. The van der Waals surface area contributed by atoms with Gasteiger partial charge in [0.2, 0.25) is 5.91 Å². The smallest absolute Gasteiger partial charge is 0.339 e. The number of hydrogen-bond acceptors (Lipinski definition) is 3. The first-order chi connectivity index (χ1) is 12.4. The third-order valence-corrected chi connectivity index (χ3v) is 4.45. The molecule has 26 heavy (non-hydrogen) atoms. The molecule has 0 aromatic heterocycles. The van der Waals surface area contributed by atoms with Crippen molar-refractivity contribution in [2.24, 2.45) is 5.92 Å². The zero-order chi connectivity index (χ0) is 18.8. The van der Waals surface area contributed by atoms with E-state index in [4.69, 9.17) is 9.84 Å². The fourth-order valence-electron chi connectivity index (χ4n) is 2.97. The molecule has 0 spiro atoms. The topological polar surface area (TPSA) is 75.6 Å². The monoisotopic (exact) mass is 361 g/mol. The highest BCUT2D eigenvalue weighted by Gasteiger charge is 2.45. The third kappa shape index (κ3) is 3.66. The Hall–Kier alpha value is -2.96. The second-order valence-electron chi connectivity index (χ2n) is 6.17. The molecular weight excluding hydrogens is 344 g/mol. The second kappa shape index (κ2) is 7.11. The van der Waals surface area contributed by atoms with Gasteiger partial charge in [-0.3, -0.25) is 4.79 Å². The molecule has 2 atom stereocenters. The Morgan fingerprint density at radius 2 is 2.00 bits per heavy atom. The zero-order valence-corrected chi connectivity index (χ0v) is 14.0. The minimum absolute atomic E-state index is 0.0337. The molecule has 0 aliphatic heterocycles. The van der Waals surface area contributed by atoms with Gasteiger partial charge in [-0.1, -0.05) is 6.07 Å². The summed E-state index contributed by atoms with van der Waals surface area (Å²) in [6.07, 6.45) is 0.466. The van der Waals surface area contributed by atoms with Gasteiger partial charge in [-0.05, 0) is 53.8 Å². The summed E-state index contributed by atoms with van der Waals surface area (Å²) in [6, 6.07) is 7.77. The Labute approximate surface area is 148 Å². The van der Waals surface area contributed by atoms with E-state index in [1.807, 2.05) is 0 Å². The minimum Gasteiger partial charge on any atom is -0.496 e. The highest BCUT2D eigenvalue weighted by molar-refractivity contribution is 5.91. The number of aromatic carboxylic acids is 1. The SMILES string of the molecule is COc1cc(CNC(=O)[C@@H]2C[C@H]2c2cc(F)ccc2F)ccc1C(=O)O. The predicted molar refractivity (Wildman–Crippen MR) is 89.0 cm³/mol. The molecule has 0 bridgehead atoms. The van der Waals surface area contributed by atoms with E-state index in [1.165, 1.54) is 13.2 Å². The van der Waals surface area contributed by atoms with Crippen LogP contribution >= 0.6 is 0 Å². The number of carbonyl (C=O) groups is 2. The summed E-state index contributed by atoms with van der Waals surface area (Å²) in [6.45, 7) is 0.184. The van der Waals surface area contributed by atoms with Crippen LogP contribution in [0.3, 0.4) is 0 Å². The average molecular weight is 361 g/mol. The molecule has 0 heterocycles. The van der Waals surface area contributed by atoms with E-state index in [0.717, 1.165) is 18.2 Å². The Bertz CT molecular complexity index is 869.